The van der Waals surface area contributed by atoms with Gasteiger partial charge in [0.1, 0.15) is 0 Å². The van der Waals surface area contributed by atoms with Crippen LogP contribution in [0.5, 0.6) is 0 Å². The van der Waals surface area contributed by atoms with Gasteiger partial charge >= 0.3 is 0 Å². The van der Waals surface area contributed by atoms with Crippen LogP contribution in [0, 0.1) is 11.3 Å². The first-order chi connectivity index (χ1) is 5.88. The molecule has 3 heteroatoms. The first kappa shape index (κ1) is 9.47. The third kappa shape index (κ3) is 2.46. The van der Waals surface area contributed by atoms with Gasteiger partial charge in [0.05, 0.1) is 18.8 Å². The van der Waals surface area contributed by atoms with Crippen LogP contribution in [-0.4, -0.2) is 30.7 Å². The molecule has 1 atom stereocenters. The van der Waals surface area contributed by atoms with Crippen molar-refractivity contribution in [3.8, 4) is 6.07 Å². The van der Waals surface area contributed by atoms with Crippen LogP contribution in [0.2, 0.25) is 0 Å². The number of likely N-dealkylation sites (tertiary alicyclic amines) is 1. The fraction of sp³-hybridized carbons (Fsp3) is 0.889. The van der Waals surface area contributed by atoms with E-state index in [1.54, 1.807) is 0 Å². The van der Waals surface area contributed by atoms with E-state index in [4.69, 9.17) is 5.26 Å². The van der Waals surface area contributed by atoms with Crippen LogP contribution in [-0.2, 0) is 0 Å². The van der Waals surface area contributed by atoms with E-state index < -0.39 is 0 Å². The summed E-state index contributed by atoms with van der Waals surface area (Å²) in [4.78, 5) is 2.10. The molecule has 1 saturated heterocycles. The average molecular weight is 170 g/mol. The zero-order valence-electron chi connectivity index (χ0n) is 7.30. The van der Waals surface area contributed by atoms with Crippen LogP contribution in [0.25, 0.3) is 0 Å². The van der Waals surface area contributed by atoms with E-state index in [-0.39, 0.29) is 12.7 Å². The molecule has 1 heterocycles. The van der Waals surface area contributed by atoms with Crippen molar-refractivity contribution in [1.29, 1.82) is 5.26 Å². The van der Waals surface area contributed by atoms with Crippen molar-refractivity contribution >= 4 is 0 Å². The summed E-state index contributed by atoms with van der Waals surface area (Å²) in [5.74, 6) is 0. The van der Waals surface area contributed by atoms with Gasteiger partial charge in [-0.25, -0.2) is 0 Å². The Hall–Kier alpha value is -0.620. The Bertz CT molecular complexity index is 164. The lowest BCUT2D eigenvalue weighted by atomic mass is 10.0. The molecule has 1 unspecified atom stereocenters. The van der Waals surface area contributed by atoms with Crippen LogP contribution >= 0.6 is 0 Å². The van der Waals surface area contributed by atoms with Crippen molar-refractivity contribution in [2.45, 2.75) is 31.7 Å². The molecule has 1 aliphatic rings. The number of piperidine rings is 1. The Balaban J connectivity index is 2.32. The minimum atomic E-state index is -0.269. The molecule has 0 aromatic carbocycles. The Kier molecular flexibility index (Phi) is 4.02. The van der Waals surface area contributed by atoms with E-state index in [9.17, 15) is 4.39 Å². The maximum atomic E-state index is 11.9. The van der Waals surface area contributed by atoms with Gasteiger partial charge in [-0.3, -0.25) is 9.29 Å². The Morgan fingerprint density at radius 3 is 3.00 bits per heavy atom. The first-order valence-corrected chi connectivity index (χ1v) is 4.58. The van der Waals surface area contributed by atoms with Crippen molar-refractivity contribution in [3.63, 3.8) is 0 Å². The molecule has 0 radical (unpaired) electrons. The highest BCUT2D eigenvalue weighted by Crippen LogP contribution is 2.16. The SMILES string of the molecule is N#CC1CCCCN1CCCF. The predicted molar refractivity (Wildman–Crippen MR) is 45.4 cm³/mol. The summed E-state index contributed by atoms with van der Waals surface area (Å²) in [5, 5.41) is 8.78. The Morgan fingerprint density at radius 1 is 1.50 bits per heavy atom. The quantitative estimate of drug-likeness (QED) is 0.645. The number of halogens is 1. The number of nitriles is 1. The molecule has 0 aromatic heterocycles. The molecule has 2 nitrogen and oxygen atoms in total. The van der Waals surface area contributed by atoms with Gasteiger partial charge in [0.2, 0.25) is 0 Å². The topological polar surface area (TPSA) is 27.0 Å². The Labute approximate surface area is 73.0 Å². The molecule has 0 saturated carbocycles. The smallest absolute Gasteiger partial charge is 0.0977 e. The maximum Gasteiger partial charge on any atom is 0.0977 e. The molecule has 12 heavy (non-hydrogen) atoms. The van der Waals surface area contributed by atoms with E-state index >= 15 is 0 Å². The Morgan fingerprint density at radius 2 is 2.33 bits per heavy atom. The standard InChI is InChI=1S/C9H15FN2/c10-5-3-7-12-6-2-1-4-9(12)8-11/h9H,1-7H2. The minimum absolute atomic E-state index is 0.0466. The molecule has 1 fully saturated rings. The molecule has 1 aliphatic heterocycles. The molecule has 0 bridgehead atoms. The minimum Gasteiger partial charge on any atom is -0.288 e. The van der Waals surface area contributed by atoms with Gasteiger partial charge in [-0.1, -0.05) is 0 Å². The largest absolute Gasteiger partial charge is 0.288 e. The van der Waals surface area contributed by atoms with Crippen LogP contribution < -0.4 is 0 Å². The summed E-state index contributed by atoms with van der Waals surface area (Å²) in [6.07, 6.45) is 3.83. The van der Waals surface area contributed by atoms with Gasteiger partial charge in [0, 0.05) is 6.54 Å². The van der Waals surface area contributed by atoms with Gasteiger partial charge in [0.25, 0.3) is 0 Å². The van der Waals surface area contributed by atoms with Gasteiger partial charge in [0.15, 0.2) is 0 Å². The van der Waals surface area contributed by atoms with Gasteiger partial charge < -0.3 is 0 Å². The molecule has 1 rings (SSSR count). The van der Waals surface area contributed by atoms with E-state index in [0.717, 1.165) is 32.4 Å². The molecular weight excluding hydrogens is 155 g/mol. The summed E-state index contributed by atoms with van der Waals surface area (Å²) in [6, 6.07) is 2.31. The molecule has 0 amide bonds. The first-order valence-electron chi connectivity index (χ1n) is 4.58. The predicted octanol–water partition coefficient (Wildman–Crippen LogP) is 1.72. The summed E-state index contributed by atoms with van der Waals surface area (Å²) in [7, 11) is 0. The van der Waals surface area contributed by atoms with Crippen molar-refractivity contribution in [3.05, 3.63) is 0 Å². The van der Waals surface area contributed by atoms with Crippen molar-refractivity contribution in [2.24, 2.45) is 0 Å². The van der Waals surface area contributed by atoms with Gasteiger partial charge in [-0.2, -0.15) is 5.26 Å². The normalized spacial score (nSPS) is 25.2. The van der Waals surface area contributed by atoms with Crippen LogP contribution in [0.1, 0.15) is 25.7 Å². The van der Waals surface area contributed by atoms with E-state index in [0.29, 0.717) is 6.42 Å². The van der Waals surface area contributed by atoms with E-state index in [2.05, 4.69) is 11.0 Å². The molecule has 68 valence electrons. The lowest BCUT2D eigenvalue weighted by Gasteiger charge is -2.30. The maximum absolute atomic E-state index is 11.9. The monoisotopic (exact) mass is 170 g/mol. The third-order valence-electron chi connectivity index (χ3n) is 2.34. The van der Waals surface area contributed by atoms with Crippen LogP contribution in [0.3, 0.4) is 0 Å². The number of alkyl halides is 1. The van der Waals surface area contributed by atoms with Crippen LogP contribution in [0.15, 0.2) is 0 Å². The zero-order chi connectivity index (χ0) is 8.81. The summed E-state index contributed by atoms with van der Waals surface area (Å²) < 4.78 is 11.9. The van der Waals surface area contributed by atoms with Crippen molar-refractivity contribution < 1.29 is 4.39 Å². The van der Waals surface area contributed by atoms with Crippen molar-refractivity contribution in [2.75, 3.05) is 19.8 Å². The van der Waals surface area contributed by atoms with E-state index in [1.165, 1.54) is 0 Å². The second kappa shape index (κ2) is 5.10. The van der Waals surface area contributed by atoms with Gasteiger partial charge in [-0.05, 0) is 32.2 Å². The number of nitrogens with zero attached hydrogens (tertiary/aromatic N) is 2. The number of hydrogen-bond donors (Lipinski definition) is 0. The highest BCUT2D eigenvalue weighted by Gasteiger charge is 2.20. The summed E-state index contributed by atoms with van der Waals surface area (Å²) in [5.41, 5.74) is 0. The highest BCUT2D eigenvalue weighted by atomic mass is 19.1. The summed E-state index contributed by atoms with van der Waals surface area (Å²) in [6.45, 7) is 1.45. The van der Waals surface area contributed by atoms with Crippen molar-refractivity contribution in [1.82, 2.24) is 4.90 Å². The number of rotatable bonds is 3. The lowest BCUT2D eigenvalue weighted by Crippen LogP contribution is -2.39. The molecule has 0 aromatic rings. The molecule has 0 aliphatic carbocycles. The fourth-order valence-corrected chi connectivity index (χ4v) is 1.67. The molecule has 0 N–H and O–H groups in total. The third-order valence-corrected chi connectivity index (χ3v) is 2.34. The second-order valence-electron chi connectivity index (χ2n) is 3.22. The highest BCUT2D eigenvalue weighted by molar-refractivity contribution is 4.93. The molecule has 0 spiro atoms. The average Bonchev–Trinajstić information content (AvgIpc) is 2.15. The molecular formula is C9H15FN2. The second-order valence-corrected chi connectivity index (χ2v) is 3.22. The lowest BCUT2D eigenvalue weighted by molar-refractivity contribution is 0.177. The summed E-state index contributed by atoms with van der Waals surface area (Å²) >= 11 is 0. The van der Waals surface area contributed by atoms with Crippen LogP contribution in [0.4, 0.5) is 4.39 Å². The van der Waals surface area contributed by atoms with Gasteiger partial charge in [-0.15, -0.1) is 0 Å². The fourth-order valence-electron chi connectivity index (χ4n) is 1.67. The zero-order valence-corrected chi connectivity index (χ0v) is 7.30. The number of hydrogen-bond acceptors (Lipinski definition) is 2. The van der Waals surface area contributed by atoms with E-state index in [1.807, 2.05) is 0 Å².